The smallest absolute Gasteiger partial charge is 0.504 e. The van der Waals surface area contributed by atoms with E-state index in [2.05, 4.69) is 4.74 Å². The molecule has 0 unspecified atom stereocenters. The highest BCUT2D eigenvalue weighted by Gasteiger charge is 2.36. The van der Waals surface area contributed by atoms with Gasteiger partial charge in [0.05, 0.1) is 0 Å². The molecule has 4 N–H and O–H groups in total. The van der Waals surface area contributed by atoms with Gasteiger partial charge in [0.1, 0.15) is 0 Å². The number of ether oxygens (including phenoxy) is 1. The van der Waals surface area contributed by atoms with Crippen LogP contribution in [-0.2, 0) is 0 Å². The monoisotopic (exact) mass is 270 g/mol. The summed E-state index contributed by atoms with van der Waals surface area (Å²) in [6.07, 6.45) is -5.15. The molecule has 0 spiro atoms. The van der Waals surface area contributed by atoms with E-state index in [1.807, 2.05) is 13.8 Å². The molecule has 18 heavy (non-hydrogen) atoms. The first-order chi connectivity index (χ1) is 8.15. The van der Waals surface area contributed by atoms with E-state index in [-0.39, 0.29) is 0 Å². The van der Waals surface area contributed by atoms with Crippen molar-refractivity contribution in [2.75, 3.05) is 0 Å². The topological polar surface area (TPSA) is 90.2 Å². The lowest BCUT2D eigenvalue weighted by Crippen LogP contribution is -2.17. The molecular weight excluding hydrogens is 257 g/mol. The fourth-order valence-electron chi connectivity index (χ4n) is 1.00. The summed E-state index contributed by atoms with van der Waals surface area (Å²) in [6, 6.07) is 0. The van der Waals surface area contributed by atoms with Crippen molar-refractivity contribution >= 4 is 0 Å². The summed E-state index contributed by atoms with van der Waals surface area (Å²) in [7, 11) is 0. The zero-order valence-electron chi connectivity index (χ0n) is 9.83. The summed E-state index contributed by atoms with van der Waals surface area (Å²) < 4.78 is 38.9. The lowest BCUT2D eigenvalue weighted by Gasteiger charge is -2.15. The summed E-state index contributed by atoms with van der Waals surface area (Å²) in [5.74, 6) is -5.98. The van der Waals surface area contributed by atoms with Crippen LogP contribution in [0.5, 0.6) is 28.7 Å². The fraction of sp³-hybridized carbons (Fsp3) is 0.400. The number of aromatic hydroxyl groups is 4. The van der Waals surface area contributed by atoms with Gasteiger partial charge in [-0.2, -0.15) is 0 Å². The molecule has 104 valence electrons. The van der Waals surface area contributed by atoms with E-state index >= 15 is 0 Å². The highest BCUT2D eigenvalue weighted by atomic mass is 19.4. The van der Waals surface area contributed by atoms with E-state index in [9.17, 15) is 18.3 Å². The van der Waals surface area contributed by atoms with E-state index in [1.165, 1.54) is 0 Å². The number of phenols is 4. The SMILES string of the molecule is CC.Cc1c(O)c(O)c(O)c(OC(F)(F)F)c1O. The van der Waals surface area contributed by atoms with E-state index in [0.29, 0.717) is 0 Å². The molecule has 0 aliphatic rings. The van der Waals surface area contributed by atoms with Gasteiger partial charge in [0.2, 0.25) is 17.2 Å². The molecule has 5 nitrogen and oxygen atoms in total. The third-order valence-corrected chi connectivity index (χ3v) is 1.81. The van der Waals surface area contributed by atoms with Crippen LogP contribution in [0.2, 0.25) is 0 Å². The second kappa shape index (κ2) is 5.56. The molecule has 0 saturated carbocycles. The molecule has 0 aliphatic carbocycles. The van der Waals surface area contributed by atoms with Gasteiger partial charge in [0.25, 0.3) is 0 Å². The molecule has 0 bridgehead atoms. The Kier molecular flexibility index (Phi) is 4.95. The summed E-state index contributed by atoms with van der Waals surface area (Å²) in [5.41, 5.74) is -0.449. The van der Waals surface area contributed by atoms with Gasteiger partial charge < -0.3 is 25.2 Å². The first-order valence-electron chi connectivity index (χ1n) is 4.87. The first-order valence-corrected chi connectivity index (χ1v) is 4.87. The minimum absolute atomic E-state index is 0.449. The molecule has 0 aromatic heterocycles. The summed E-state index contributed by atoms with van der Waals surface area (Å²) >= 11 is 0. The molecule has 8 heteroatoms. The first kappa shape index (κ1) is 16.0. The van der Waals surface area contributed by atoms with E-state index < -0.39 is 40.7 Å². The van der Waals surface area contributed by atoms with E-state index in [1.54, 1.807) is 0 Å². The standard InChI is InChI=1S/C8H7F3O5.C2H6/c1-2-3(12)5(14)6(15)7(4(2)13)16-8(9,10)11;1-2/h12-15H,1H3;1-2H3. The molecule has 0 amide bonds. The minimum Gasteiger partial charge on any atom is -0.504 e. The van der Waals surface area contributed by atoms with Crippen LogP contribution in [0.1, 0.15) is 19.4 Å². The Balaban J connectivity index is 0.00000137. The van der Waals surface area contributed by atoms with Crippen LogP contribution in [0.4, 0.5) is 13.2 Å². The van der Waals surface area contributed by atoms with Gasteiger partial charge in [-0.25, -0.2) is 0 Å². The van der Waals surface area contributed by atoms with Crippen LogP contribution in [0, 0.1) is 6.92 Å². The second-order valence-corrected chi connectivity index (χ2v) is 2.90. The molecular formula is C10H13F3O5. The number of phenolic OH excluding ortho intramolecular Hbond substituents is 4. The van der Waals surface area contributed by atoms with Crippen LogP contribution >= 0.6 is 0 Å². The van der Waals surface area contributed by atoms with Crippen molar-refractivity contribution in [3.8, 4) is 28.7 Å². The molecule has 0 fully saturated rings. The highest BCUT2D eigenvalue weighted by molar-refractivity contribution is 5.67. The van der Waals surface area contributed by atoms with Crippen molar-refractivity contribution in [2.24, 2.45) is 0 Å². The zero-order chi connectivity index (χ0) is 14.7. The van der Waals surface area contributed by atoms with E-state index in [4.69, 9.17) is 15.3 Å². The second-order valence-electron chi connectivity index (χ2n) is 2.90. The molecule has 0 heterocycles. The lowest BCUT2D eigenvalue weighted by atomic mass is 10.1. The van der Waals surface area contributed by atoms with E-state index in [0.717, 1.165) is 6.92 Å². The molecule has 0 atom stereocenters. The van der Waals surface area contributed by atoms with Crippen LogP contribution < -0.4 is 4.74 Å². The summed E-state index contributed by atoms with van der Waals surface area (Å²) in [6.45, 7) is 5.03. The van der Waals surface area contributed by atoms with Gasteiger partial charge in [-0.15, -0.1) is 13.2 Å². The molecule has 0 aliphatic heterocycles. The van der Waals surface area contributed by atoms with Gasteiger partial charge in [-0.05, 0) is 6.92 Å². The summed E-state index contributed by atoms with van der Waals surface area (Å²) in [4.78, 5) is 0. The van der Waals surface area contributed by atoms with Gasteiger partial charge in [-0.3, -0.25) is 0 Å². The van der Waals surface area contributed by atoms with Gasteiger partial charge in [0, 0.05) is 5.56 Å². The van der Waals surface area contributed by atoms with Crippen molar-refractivity contribution in [1.29, 1.82) is 0 Å². The van der Waals surface area contributed by atoms with Crippen LogP contribution in [0.3, 0.4) is 0 Å². The Bertz CT molecular complexity index is 399. The molecule has 0 saturated heterocycles. The Labute approximate surface area is 101 Å². The molecule has 1 aromatic carbocycles. The zero-order valence-corrected chi connectivity index (χ0v) is 9.83. The minimum atomic E-state index is -5.15. The number of hydrogen-bond acceptors (Lipinski definition) is 5. The maximum atomic E-state index is 11.9. The number of halogens is 3. The Morgan fingerprint density at radius 1 is 0.833 bits per heavy atom. The molecule has 1 rings (SSSR count). The summed E-state index contributed by atoms with van der Waals surface area (Å²) in [5, 5.41) is 36.4. The van der Waals surface area contributed by atoms with Crippen molar-refractivity contribution < 1.29 is 38.3 Å². The average Bonchev–Trinajstić information content (AvgIpc) is 2.31. The third kappa shape index (κ3) is 3.25. The number of benzene rings is 1. The Morgan fingerprint density at radius 3 is 1.67 bits per heavy atom. The maximum absolute atomic E-state index is 11.9. The largest absolute Gasteiger partial charge is 0.573 e. The average molecular weight is 270 g/mol. The Morgan fingerprint density at radius 2 is 1.28 bits per heavy atom. The van der Waals surface area contributed by atoms with Gasteiger partial charge in [0.15, 0.2) is 11.5 Å². The predicted octanol–water partition coefficient (Wildman–Crippen LogP) is 2.74. The van der Waals surface area contributed by atoms with Crippen LogP contribution in [-0.4, -0.2) is 26.8 Å². The highest BCUT2D eigenvalue weighted by Crippen LogP contribution is 2.52. The van der Waals surface area contributed by atoms with Crippen molar-refractivity contribution in [2.45, 2.75) is 27.1 Å². The van der Waals surface area contributed by atoms with Crippen molar-refractivity contribution in [3.63, 3.8) is 0 Å². The quantitative estimate of drug-likeness (QED) is 0.465. The maximum Gasteiger partial charge on any atom is 0.573 e. The van der Waals surface area contributed by atoms with Gasteiger partial charge in [-0.1, -0.05) is 13.8 Å². The number of hydrogen-bond donors (Lipinski definition) is 4. The lowest BCUT2D eigenvalue weighted by molar-refractivity contribution is -0.275. The number of rotatable bonds is 1. The molecule has 0 radical (unpaired) electrons. The Hall–Kier alpha value is -1.99. The predicted molar refractivity (Wildman–Crippen MR) is 55.9 cm³/mol. The normalized spacial score (nSPS) is 10.6. The molecule has 1 aromatic rings. The third-order valence-electron chi connectivity index (χ3n) is 1.81. The van der Waals surface area contributed by atoms with Crippen molar-refractivity contribution in [3.05, 3.63) is 5.56 Å². The number of alkyl halides is 3. The van der Waals surface area contributed by atoms with Crippen LogP contribution in [0.15, 0.2) is 0 Å². The van der Waals surface area contributed by atoms with Crippen molar-refractivity contribution in [1.82, 2.24) is 0 Å². The van der Waals surface area contributed by atoms with Crippen LogP contribution in [0.25, 0.3) is 0 Å². The fourth-order valence-corrected chi connectivity index (χ4v) is 1.00. The van der Waals surface area contributed by atoms with Gasteiger partial charge >= 0.3 is 6.36 Å².